The first-order valence-electron chi connectivity index (χ1n) is 5.14. The van der Waals surface area contributed by atoms with Gasteiger partial charge in [0.2, 0.25) is 0 Å². The fraction of sp³-hybridized carbons (Fsp3) is 0.0909. The van der Waals surface area contributed by atoms with E-state index in [1.165, 1.54) is 0 Å². The Kier molecular flexibility index (Phi) is 3.78. The molecule has 0 spiro atoms. The monoisotopic (exact) mass is 319 g/mol. The van der Waals surface area contributed by atoms with Gasteiger partial charge in [-0.1, -0.05) is 16.8 Å². The molecule has 9 heteroatoms. The van der Waals surface area contributed by atoms with Crippen LogP contribution >= 0.6 is 11.6 Å². The predicted octanol–water partition coefficient (Wildman–Crippen LogP) is 2.14. The zero-order chi connectivity index (χ0) is 14.9. The summed E-state index contributed by atoms with van der Waals surface area (Å²) >= 11 is 5.63. The number of aromatic nitrogens is 1. The molecule has 0 saturated carbocycles. The van der Waals surface area contributed by atoms with Crippen LogP contribution in [0.4, 0.5) is 4.39 Å². The molecule has 0 aliphatic carbocycles. The lowest BCUT2D eigenvalue weighted by atomic mass is 10.2. The molecule has 0 bridgehead atoms. The van der Waals surface area contributed by atoms with Crippen molar-refractivity contribution in [2.75, 3.05) is 0 Å². The molecular weight excluding hydrogens is 313 g/mol. The number of rotatable bonds is 4. The third-order valence-electron chi connectivity index (χ3n) is 2.41. The highest BCUT2D eigenvalue weighted by molar-refractivity contribution is 7.90. The molecule has 1 heterocycles. The Balaban J connectivity index is 2.54. The lowest BCUT2D eigenvalue weighted by Crippen LogP contribution is -2.11. The number of halogens is 2. The second kappa shape index (κ2) is 5.22. The summed E-state index contributed by atoms with van der Waals surface area (Å²) in [4.78, 5) is 10.1. The second-order valence-corrected chi connectivity index (χ2v) is 6.26. The molecule has 1 aromatic carbocycles. The topological polar surface area (TPSA) is 97.5 Å². The maximum atomic E-state index is 14.0. The third-order valence-corrected chi connectivity index (χ3v) is 4.31. The Labute approximate surface area is 117 Å². The number of hydrogen-bond donors (Lipinski definition) is 1. The Morgan fingerprint density at radius 1 is 1.45 bits per heavy atom. The Bertz CT molecular complexity index is 757. The summed E-state index contributed by atoms with van der Waals surface area (Å²) in [6.45, 7) is 0. The van der Waals surface area contributed by atoms with E-state index in [1.54, 1.807) is 0 Å². The van der Waals surface area contributed by atoms with Crippen LogP contribution in [0.1, 0.15) is 15.9 Å². The van der Waals surface area contributed by atoms with Gasteiger partial charge in [0.05, 0.1) is 17.5 Å². The van der Waals surface area contributed by atoms with E-state index in [0.29, 0.717) is 0 Å². The van der Waals surface area contributed by atoms with Crippen LogP contribution in [0, 0.1) is 5.82 Å². The van der Waals surface area contributed by atoms with Crippen LogP contribution in [0.3, 0.4) is 0 Å². The number of nitrogens with zero attached hydrogens (tertiary/aromatic N) is 1. The van der Waals surface area contributed by atoms with E-state index in [0.717, 1.165) is 24.6 Å². The summed E-state index contributed by atoms with van der Waals surface area (Å²) in [6, 6.07) is 1.71. The zero-order valence-electron chi connectivity index (χ0n) is 9.71. The lowest BCUT2D eigenvalue weighted by Gasteiger charge is -2.07. The lowest BCUT2D eigenvalue weighted by molar-refractivity contribution is 0.0691. The van der Waals surface area contributed by atoms with E-state index in [-0.39, 0.29) is 10.6 Å². The van der Waals surface area contributed by atoms with Crippen LogP contribution in [-0.4, -0.2) is 24.7 Å². The molecule has 2 rings (SSSR count). The van der Waals surface area contributed by atoms with Crippen molar-refractivity contribution < 1.29 is 27.2 Å². The quantitative estimate of drug-likeness (QED) is 0.927. The molecule has 0 saturated heterocycles. The van der Waals surface area contributed by atoms with E-state index >= 15 is 0 Å². The first-order chi connectivity index (χ1) is 9.31. The summed E-state index contributed by atoms with van der Waals surface area (Å²) in [6.07, 6.45) is 2.26. The first kappa shape index (κ1) is 14.5. The molecule has 2 aromatic rings. The molecule has 0 radical (unpaired) electrons. The largest absolute Gasteiger partial charge is 0.478 e. The normalized spacial score (nSPS) is 11.5. The van der Waals surface area contributed by atoms with Gasteiger partial charge in [-0.3, -0.25) is 0 Å². The van der Waals surface area contributed by atoms with Crippen molar-refractivity contribution in [3.8, 4) is 0 Å². The smallest absolute Gasteiger partial charge is 0.338 e. The van der Waals surface area contributed by atoms with Crippen molar-refractivity contribution in [1.29, 1.82) is 0 Å². The van der Waals surface area contributed by atoms with E-state index in [1.807, 2.05) is 0 Å². The van der Waals surface area contributed by atoms with Crippen LogP contribution in [0.5, 0.6) is 0 Å². The Hall–Kier alpha value is -1.93. The number of hydrogen-bond acceptors (Lipinski definition) is 5. The molecule has 0 amide bonds. The molecular formula is C11H7ClFNO5S. The summed E-state index contributed by atoms with van der Waals surface area (Å²) < 4.78 is 42.6. The van der Waals surface area contributed by atoms with Crippen molar-refractivity contribution in [3.05, 3.63) is 46.6 Å². The van der Waals surface area contributed by atoms with Crippen molar-refractivity contribution in [2.45, 2.75) is 10.6 Å². The first-order valence-corrected chi connectivity index (χ1v) is 7.17. The van der Waals surface area contributed by atoms with Gasteiger partial charge in [0.15, 0.2) is 15.7 Å². The standard InChI is InChI=1S/C11H7ClFNO5S/c12-7-1-8(11(15)16)10(13)9(2-7)20(17,18)5-6-3-14-19-4-6/h1-4H,5H2,(H,15,16). The summed E-state index contributed by atoms with van der Waals surface area (Å²) in [5, 5.41) is 12.0. The fourth-order valence-corrected chi connectivity index (χ4v) is 3.25. The van der Waals surface area contributed by atoms with Crippen molar-refractivity contribution >= 4 is 27.4 Å². The maximum Gasteiger partial charge on any atom is 0.338 e. The molecule has 1 aromatic heterocycles. The zero-order valence-corrected chi connectivity index (χ0v) is 11.3. The highest BCUT2D eigenvalue weighted by Crippen LogP contribution is 2.26. The number of sulfone groups is 1. The molecule has 0 unspecified atom stereocenters. The highest BCUT2D eigenvalue weighted by Gasteiger charge is 2.26. The molecule has 1 N–H and O–H groups in total. The minimum atomic E-state index is -4.12. The van der Waals surface area contributed by atoms with Gasteiger partial charge in [0.1, 0.15) is 11.2 Å². The van der Waals surface area contributed by atoms with Gasteiger partial charge < -0.3 is 9.63 Å². The molecule has 20 heavy (non-hydrogen) atoms. The van der Waals surface area contributed by atoms with Crippen LogP contribution in [0.2, 0.25) is 5.02 Å². The van der Waals surface area contributed by atoms with Crippen LogP contribution in [-0.2, 0) is 15.6 Å². The molecule has 0 aliphatic rings. The summed E-state index contributed by atoms with van der Waals surface area (Å²) in [5.74, 6) is -3.53. The molecule has 6 nitrogen and oxygen atoms in total. The van der Waals surface area contributed by atoms with Gasteiger partial charge in [0, 0.05) is 10.6 Å². The number of aromatic carboxylic acids is 1. The second-order valence-electron chi connectivity index (χ2n) is 3.86. The van der Waals surface area contributed by atoms with Gasteiger partial charge >= 0.3 is 5.97 Å². The van der Waals surface area contributed by atoms with Crippen molar-refractivity contribution in [3.63, 3.8) is 0 Å². The fourth-order valence-electron chi connectivity index (χ4n) is 1.54. The van der Waals surface area contributed by atoms with Crippen molar-refractivity contribution in [1.82, 2.24) is 5.16 Å². The van der Waals surface area contributed by atoms with Crippen molar-refractivity contribution in [2.24, 2.45) is 0 Å². The molecule has 106 valence electrons. The number of carbonyl (C=O) groups is 1. The van der Waals surface area contributed by atoms with E-state index < -0.39 is 37.8 Å². The molecule has 0 atom stereocenters. The minimum absolute atomic E-state index is 0.187. The maximum absolute atomic E-state index is 14.0. The van der Waals surface area contributed by atoms with Crippen LogP contribution in [0.25, 0.3) is 0 Å². The van der Waals surface area contributed by atoms with E-state index in [9.17, 15) is 17.6 Å². The molecule has 0 aliphatic heterocycles. The summed E-state index contributed by atoms with van der Waals surface area (Å²) in [5.41, 5.74) is -0.595. The Morgan fingerprint density at radius 3 is 2.70 bits per heavy atom. The number of carboxylic acids is 1. The third kappa shape index (κ3) is 2.81. The van der Waals surface area contributed by atoms with Crippen LogP contribution in [0.15, 0.2) is 34.0 Å². The van der Waals surface area contributed by atoms with E-state index in [2.05, 4.69) is 9.68 Å². The Morgan fingerprint density at radius 2 is 2.15 bits per heavy atom. The van der Waals surface area contributed by atoms with Gasteiger partial charge in [-0.15, -0.1) is 0 Å². The predicted molar refractivity (Wildman–Crippen MR) is 65.8 cm³/mol. The summed E-state index contributed by atoms with van der Waals surface area (Å²) in [7, 11) is -4.12. The minimum Gasteiger partial charge on any atom is -0.478 e. The number of benzene rings is 1. The average molecular weight is 320 g/mol. The van der Waals surface area contributed by atoms with Gasteiger partial charge in [0.25, 0.3) is 0 Å². The SMILES string of the molecule is O=C(O)c1cc(Cl)cc(S(=O)(=O)Cc2cnoc2)c1F. The van der Waals surface area contributed by atoms with Gasteiger partial charge in [-0.25, -0.2) is 17.6 Å². The number of carboxylic acid groups (broad SMARTS) is 1. The van der Waals surface area contributed by atoms with Gasteiger partial charge in [-0.05, 0) is 12.1 Å². The van der Waals surface area contributed by atoms with Gasteiger partial charge in [-0.2, -0.15) is 0 Å². The average Bonchev–Trinajstić information content (AvgIpc) is 2.83. The van der Waals surface area contributed by atoms with E-state index in [4.69, 9.17) is 16.7 Å². The molecule has 0 fully saturated rings. The van der Waals surface area contributed by atoms with Crippen LogP contribution < -0.4 is 0 Å². The highest BCUT2D eigenvalue weighted by atomic mass is 35.5.